The summed E-state index contributed by atoms with van der Waals surface area (Å²) < 4.78 is 32.2. The molecule has 0 radical (unpaired) electrons. The largest absolute Gasteiger partial charge is 0.438 e. The van der Waals surface area contributed by atoms with E-state index in [2.05, 4.69) is 0 Å². The zero-order valence-electron chi connectivity index (χ0n) is 18.2. The number of carbonyl (C=O) groups is 1. The number of cyclic esters (lactones) is 1. The molecule has 0 unspecified atom stereocenters. The molecule has 0 aliphatic carbocycles. The fraction of sp³-hybridized carbons (Fsp3) is 0.435. The van der Waals surface area contributed by atoms with Crippen molar-refractivity contribution in [3.63, 3.8) is 0 Å². The molecule has 0 bridgehead atoms. The van der Waals surface area contributed by atoms with Crippen LogP contribution < -0.4 is 5.46 Å². The summed E-state index contributed by atoms with van der Waals surface area (Å²) >= 11 is 0. The van der Waals surface area contributed by atoms with Crippen molar-refractivity contribution in [2.75, 3.05) is 25.4 Å². The van der Waals surface area contributed by atoms with E-state index in [9.17, 15) is 13.2 Å². The Labute approximate surface area is 185 Å². The lowest BCUT2D eigenvalue weighted by Gasteiger charge is -2.44. The predicted octanol–water partition coefficient (Wildman–Crippen LogP) is 2.17. The van der Waals surface area contributed by atoms with Crippen LogP contribution in [0.5, 0.6) is 0 Å². The summed E-state index contributed by atoms with van der Waals surface area (Å²) in [6, 6.07) is 17.8. The first-order valence-corrected chi connectivity index (χ1v) is 12.5. The van der Waals surface area contributed by atoms with Crippen LogP contribution in [0.2, 0.25) is 0 Å². The van der Waals surface area contributed by atoms with Gasteiger partial charge in [-0.25, -0.2) is 17.5 Å². The molecule has 2 aliphatic heterocycles. The Morgan fingerprint density at radius 1 is 1.10 bits per heavy atom. The molecular formula is C23H29BN2O4S. The molecule has 0 saturated carbocycles. The van der Waals surface area contributed by atoms with Gasteiger partial charge in [-0.15, -0.1) is 0 Å². The predicted molar refractivity (Wildman–Crippen MR) is 124 cm³/mol. The fourth-order valence-electron chi connectivity index (χ4n) is 4.56. The summed E-state index contributed by atoms with van der Waals surface area (Å²) in [6.45, 7) is 3.46. The summed E-state index contributed by atoms with van der Waals surface area (Å²) in [5.74, 6) is 0.201. The normalized spacial score (nSPS) is 24.7. The van der Waals surface area contributed by atoms with Crippen molar-refractivity contribution in [3.8, 4) is 0 Å². The van der Waals surface area contributed by atoms with Gasteiger partial charge in [-0.3, -0.25) is 0 Å². The van der Waals surface area contributed by atoms with E-state index >= 15 is 0 Å². The highest BCUT2D eigenvalue weighted by Gasteiger charge is 2.44. The maximum Gasteiger partial charge on any atom is 0.411 e. The van der Waals surface area contributed by atoms with Crippen molar-refractivity contribution in [2.45, 2.75) is 37.8 Å². The lowest BCUT2D eigenvalue weighted by atomic mass is 9.85. The highest BCUT2D eigenvalue weighted by Crippen LogP contribution is 2.40. The van der Waals surface area contributed by atoms with E-state index in [1.165, 1.54) is 9.77 Å². The van der Waals surface area contributed by atoms with Gasteiger partial charge in [0.15, 0.2) is 0 Å². The van der Waals surface area contributed by atoms with Crippen LogP contribution in [0.25, 0.3) is 0 Å². The molecule has 4 rings (SSSR count). The van der Waals surface area contributed by atoms with Gasteiger partial charge in [-0.1, -0.05) is 60.1 Å². The standard InChI is InChI=1S/C23H29BN2O4S/c1-18(19-8-10-21(24)11-9-19)26-16-13-23(30-22(26)27,20-6-3-2-4-7-20)12-15-25-14-5-17-31(25,28)29/h2-4,6-11,18H,5,12-17,24H2,1H3/t18-,23+/m0/s1. The van der Waals surface area contributed by atoms with Crippen LogP contribution >= 0.6 is 0 Å². The molecule has 2 aromatic rings. The van der Waals surface area contributed by atoms with Gasteiger partial charge in [0.2, 0.25) is 10.0 Å². The SMILES string of the molecule is Bc1ccc([C@H](C)N2CC[C@](CCN3CCCS3(=O)=O)(c3ccccc3)OC2=O)cc1. The first kappa shape index (κ1) is 21.9. The second kappa shape index (κ2) is 8.67. The minimum atomic E-state index is -3.19. The number of rotatable bonds is 6. The minimum absolute atomic E-state index is 0.0965. The van der Waals surface area contributed by atoms with Gasteiger partial charge < -0.3 is 9.64 Å². The van der Waals surface area contributed by atoms with Gasteiger partial charge >= 0.3 is 6.09 Å². The lowest BCUT2D eigenvalue weighted by Crippen LogP contribution is -2.50. The van der Waals surface area contributed by atoms with E-state index in [4.69, 9.17) is 4.74 Å². The number of amides is 1. The first-order chi connectivity index (χ1) is 14.8. The maximum absolute atomic E-state index is 13.2. The van der Waals surface area contributed by atoms with Crippen molar-refractivity contribution >= 4 is 29.4 Å². The lowest BCUT2D eigenvalue weighted by molar-refractivity contribution is -0.0668. The van der Waals surface area contributed by atoms with E-state index in [0.717, 1.165) is 11.1 Å². The molecule has 2 aliphatic rings. The average Bonchev–Trinajstić information content (AvgIpc) is 3.11. The van der Waals surface area contributed by atoms with Crippen LogP contribution in [0.15, 0.2) is 54.6 Å². The number of benzene rings is 2. The smallest absolute Gasteiger partial charge is 0.411 e. The molecule has 0 aromatic heterocycles. The molecule has 31 heavy (non-hydrogen) atoms. The van der Waals surface area contributed by atoms with Crippen LogP contribution in [-0.4, -0.2) is 56.9 Å². The van der Waals surface area contributed by atoms with Crippen molar-refractivity contribution in [2.24, 2.45) is 0 Å². The van der Waals surface area contributed by atoms with Gasteiger partial charge in [-0.05, 0) is 24.5 Å². The molecule has 2 atom stereocenters. The van der Waals surface area contributed by atoms with Crippen molar-refractivity contribution in [3.05, 3.63) is 65.7 Å². The van der Waals surface area contributed by atoms with E-state index in [1.54, 1.807) is 4.90 Å². The number of nitrogens with zero attached hydrogens (tertiary/aromatic N) is 2. The summed E-state index contributed by atoms with van der Waals surface area (Å²) in [5, 5.41) is 0. The van der Waals surface area contributed by atoms with Crippen molar-refractivity contribution < 1.29 is 17.9 Å². The third kappa shape index (κ3) is 4.50. The van der Waals surface area contributed by atoms with Crippen LogP contribution in [-0.2, 0) is 20.4 Å². The van der Waals surface area contributed by atoms with Crippen molar-refractivity contribution in [1.29, 1.82) is 0 Å². The molecule has 2 heterocycles. The number of hydrogen-bond acceptors (Lipinski definition) is 4. The monoisotopic (exact) mass is 440 g/mol. The molecule has 2 saturated heterocycles. The topological polar surface area (TPSA) is 66.9 Å². The molecule has 0 N–H and O–H groups in total. The highest BCUT2D eigenvalue weighted by molar-refractivity contribution is 7.89. The van der Waals surface area contributed by atoms with Gasteiger partial charge in [0, 0.05) is 32.5 Å². The van der Waals surface area contributed by atoms with Crippen LogP contribution in [0.1, 0.15) is 43.4 Å². The molecule has 1 amide bonds. The van der Waals surface area contributed by atoms with E-state index < -0.39 is 15.6 Å². The quantitative estimate of drug-likeness (QED) is 0.646. The highest BCUT2D eigenvalue weighted by atomic mass is 32.2. The molecule has 2 fully saturated rings. The van der Waals surface area contributed by atoms with Crippen molar-refractivity contribution in [1.82, 2.24) is 9.21 Å². The first-order valence-electron chi connectivity index (χ1n) is 10.9. The molecule has 6 nitrogen and oxygen atoms in total. The zero-order valence-corrected chi connectivity index (χ0v) is 19.0. The van der Waals surface area contributed by atoms with Gasteiger partial charge in [0.05, 0.1) is 11.8 Å². The number of hydrogen-bond donors (Lipinski definition) is 0. The Morgan fingerprint density at radius 3 is 2.42 bits per heavy atom. The molecule has 2 aromatic carbocycles. The third-order valence-corrected chi connectivity index (χ3v) is 8.53. The number of carbonyl (C=O) groups excluding carboxylic acids is 1. The molecule has 0 spiro atoms. The summed E-state index contributed by atoms with van der Waals surface area (Å²) in [7, 11) is -1.15. The van der Waals surface area contributed by atoms with Gasteiger partial charge in [-0.2, -0.15) is 0 Å². The van der Waals surface area contributed by atoms with Crippen LogP contribution in [0.4, 0.5) is 4.79 Å². The third-order valence-electron chi connectivity index (χ3n) is 6.57. The second-order valence-corrected chi connectivity index (χ2v) is 10.7. The molecular weight excluding hydrogens is 411 g/mol. The Hall–Kier alpha value is -2.32. The Morgan fingerprint density at radius 2 is 1.81 bits per heavy atom. The zero-order chi connectivity index (χ0) is 22.1. The summed E-state index contributed by atoms with van der Waals surface area (Å²) in [6.07, 6.45) is 1.37. The Kier molecular flexibility index (Phi) is 6.12. The van der Waals surface area contributed by atoms with E-state index in [-0.39, 0.29) is 17.9 Å². The van der Waals surface area contributed by atoms with Gasteiger partial charge in [0.25, 0.3) is 0 Å². The maximum atomic E-state index is 13.2. The minimum Gasteiger partial charge on any atom is -0.438 e. The Balaban J connectivity index is 1.55. The summed E-state index contributed by atoms with van der Waals surface area (Å²) in [5.41, 5.74) is 2.34. The van der Waals surface area contributed by atoms with Crippen LogP contribution in [0, 0.1) is 0 Å². The summed E-state index contributed by atoms with van der Waals surface area (Å²) in [4.78, 5) is 14.9. The number of sulfonamides is 1. The second-order valence-electron chi connectivity index (χ2n) is 8.58. The van der Waals surface area contributed by atoms with E-state index in [1.807, 2.05) is 69.4 Å². The van der Waals surface area contributed by atoms with Crippen LogP contribution in [0.3, 0.4) is 0 Å². The number of ether oxygens (including phenoxy) is 1. The Bertz CT molecular complexity index is 1030. The fourth-order valence-corrected chi connectivity index (χ4v) is 6.09. The molecule has 164 valence electrons. The van der Waals surface area contributed by atoms with E-state index in [0.29, 0.717) is 38.9 Å². The average molecular weight is 440 g/mol. The van der Waals surface area contributed by atoms with Gasteiger partial charge in [0.1, 0.15) is 13.4 Å². The molecule has 8 heteroatoms.